The predicted octanol–water partition coefficient (Wildman–Crippen LogP) is 2.72. The van der Waals surface area contributed by atoms with Crippen LogP contribution < -0.4 is 10.7 Å². The first kappa shape index (κ1) is 19.8. The van der Waals surface area contributed by atoms with Gasteiger partial charge in [-0.15, -0.1) is 0 Å². The molecule has 4 aromatic heterocycles. The fraction of sp³-hybridized carbons (Fsp3) is 0.364. The minimum atomic E-state index is -0.416. The highest BCUT2D eigenvalue weighted by Gasteiger charge is 2.40. The van der Waals surface area contributed by atoms with Gasteiger partial charge in [0.25, 0.3) is 5.91 Å². The summed E-state index contributed by atoms with van der Waals surface area (Å²) < 4.78 is 5.51. The summed E-state index contributed by atoms with van der Waals surface area (Å²) in [6, 6.07) is 5.38. The summed E-state index contributed by atoms with van der Waals surface area (Å²) in [5, 5.41) is 8.92. The van der Waals surface area contributed by atoms with Crippen molar-refractivity contribution in [2.24, 2.45) is 0 Å². The first-order valence-electron chi connectivity index (χ1n) is 10.9. The molecular weight excluding hydrogens is 422 g/mol. The Kier molecular flexibility index (Phi) is 4.24. The zero-order valence-electron chi connectivity index (χ0n) is 18.5. The van der Waals surface area contributed by atoms with Gasteiger partial charge in [0.1, 0.15) is 29.0 Å². The fourth-order valence-corrected chi connectivity index (χ4v) is 4.05. The molecule has 11 heteroatoms. The number of pyridine rings is 1. The van der Waals surface area contributed by atoms with Crippen molar-refractivity contribution in [1.82, 2.24) is 40.4 Å². The van der Waals surface area contributed by atoms with Gasteiger partial charge in [0.15, 0.2) is 17.2 Å². The first-order valence-corrected chi connectivity index (χ1v) is 10.9. The van der Waals surface area contributed by atoms with Gasteiger partial charge in [0.05, 0.1) is 6.04 Å². The van der Waals surface area contributed by atoms with Crippen molar-refractivity contribution in [3.05, 3.63) is 47.2 Å². The van der Waals surface area contributed by atoms with Crippen LogP contribution in [0.15, 0.2) is 29.0 Å². The number of carbonyl (C=O) groups excluding carboxylic acids is 1. The van der Waals surface area contributed by atoms with Crippen LogP contribution in [0.3, 0.4) is 0 Å². The van der Waals surface area contributed by atoms with Crippen LogP contribution in [-0.2, 0) is 12.0 Å². The van der Waals surface area contributed by atoms with Crippen molar-refractivity contribution in [2.45, 2.75) is 44.7 Å². The van der Waals surface area contributed by atoms with Crippen molar-refractivity contribution < 1.29 is 9.32 Å². The molecular formula is C22H23N9O2. The molecule has 0 unspecified atom stereocenters. The molecule has 1 fully saturated rings. The van der Waals surface area contributed by atoms with Gasteiger partial charge < -0.3 is 20.2 Å². The molecule has 0 aromatic carbocycles. The number of anilines is 1. The van der Waals surface area contributed by atoms with Gasteiger partial charge in [0, 0.05) is 36.3 Å². The summed E-state index contributed by atoms with van der Waals surface area (Å²) in [6.07, 6.45) is 3.70. The number of hydrazine groups is 1. The van der Waals surface area contributed by atoms with Crippen molar-refractivity contribution in [3.8, 4) is 11.5 Å². The van der Waals surface area contributed by atoms with Gasteiger partial charge in [-0.05, 0) is 31.9 Å². The molecule has 1 saturated carbocycles. The second kappa shape index (κ2) is 7.07. The molecule has 0 bridgehead atoms. The highest BCUT2D eigenvalue weighted by molar-refractivity contribution is 5.95. The molecule has 1 atom stereocenters. The Morgan fingerprint density at radius 2 is 2.12 bits per heavy atom. The van der Waals surface area contributed by atoms with Crippen LogP contribution in [0.5, 0.6) is 0 Å². The summed E-state index contributed by atoms with van der Waals surface area (Å²) in [5.74, 6) is 1.43. The second-order valence-corrected chi connectivity index (χ2v) is 9.04. The number of amides is 1. The summed E-state index contributed by atoms with van der Waals surface area (Å²) in [6.45, 7) is 4.60. The SMILES string of the molecule is C[C@@H](NC(=O)c1ncnc2c1CN(C)N2)c1cc(-c2nc3ccc(C4(C)CC4)nc3[nH]2)no1. The lowest BCUT2D eigenvalue weighted by molar-refractivity contribution is 0.0927. The highest BCUT2D eigenvalue weighted by Crippen LogP contribution is 2.46. The number of carbonyl (C=O) groups is 1. The molecule has 168 valence electrons. The Labute approximate surface area is 189 Å². The van der Waals surface area contributed by atoms with E-state index in [1.165, 1.54) is 6.33 Å². The smallest absolute Gasteiger partial charge is 0.271 e. The van der Waals surface area contributed by atoms with E-state index >= 15 is 0 Å². The Bertz CT molecular complexity index is 1390. The Morgan fingerprint density at radius 1 is 1.27 bits per heavy atom. The lowest BCUT2D eigenvalue weighted by atomic mass is 10.1. The van der Waals surface area contributed by atoms with Crippen molar-refractivity contribution in [1.29, 1.82) is 0 Å². The number of H-pyrrole nitrogens is 1. The van der Waals surface area contributed by atoms with E-state index in [0.29, 0.717) is 35.3 Å². The second-order valence-electron chi connectivity index (χ2n) is 9.04. The third kappa shape index (κ3) is 3.41. The molecule has 3 N–H and O–H groups in total. The van der Waals surface area contributed by atoms with E-state index in [4.69, 9.17) is 9.51 Å². The number of fused-ring (bicyclic) bond motifs is 2. The maximum absolute atomic E-state index is 12.9. The van der Waals surface area contributed by atoms with Crippen LogP contribution >= 0.6 is 0 Å². The van der Waals surface area contributed by atoms with Crippen LogP contribution in [0.2, 0.25) is 0 Å². The van der Waals surface area contributed by atoms with Gasteiger partial charge in [-0.1, -0.05) is 12.1 Å². The van der Waals surface area contributed by atoms with E-state index in [0.717, 1.165) is 35.3 Å². The minimum Gasteiger partial charge on any atom is -0.358 e. The molecule has 1 amide bonds. The average molecular weight is 445 g/mol. The molecule has 0 saturated heterocycles. The Morgan fingerprint density at radius 3 is 2.94 bits per heavy atom. The summed E-state index contributed by atoms with van der Waals surface area (Å²) in [7, 11) is 1.88. The van der Waals surface area contributed by atoms with Gasteiger partial charge >= 0.3 is 0 Å². The van der Waals surface area contributed by atoms with Gasteiger partial charge in [0.2, 0.25) is 0 Å². The number of nitrogens with one attached hydrogen (secondary N) is 3. The number of imidazole rings is 1. The molecule has 33 heavy (non-hydrogen) atoms. The molecule has 0 radical (unpaired) electrons. The van der Waals surface area contributed by atoms with E-state index in [1.54, 1.807) is 6.07 Å². The topological polar surface area (TPSA) is 138 Å². The lowest BCUT2D eigenvalue weighted by Crippen LogP contribution is -2.28. The average Bonchev–Trinajstić information content (AvgIpc) is 3.19. The summed E-state index contributed by atoms with van der Waals surface area (Å²) in [4.78, 5) is 33.8. The van der Waals surface area contributed by atoms with Crippen molar-refractivity contribution in [2.75, 3.05) is 12.5 Å². The van der Waals surface area contributed by atoms with Crippen LogP contribution in [0.1, 0.15) is 60.2 Å². The fourth-order valence-electron chi connectivity index (χ4n) is 4.05. The Hall–Kier alpha value is -3.86. The van der Waals surface area contributed by atoms with Gasteiger partial charge in [-0.25, -0.2) is 24.9 Å². The molecule has 2 aliphatic rings. The number of hydrogen-bond acceptors (Lipinski definition) is 9. The first-order chi connectivity index (χ1) is 15.9. The van der Waals surface area contributed by atoms with E-state index in [9.17, 15) is 4.79 Å². The lowest BCUT2D eigenvalue weighted by Gasteiger charge is -2.11. The number of rotatable bonds is 5. The van der Waals surface area contributed by atoms with Crippen LogP contribution in [0.25, 0.3) is 22.7 Å². The number of hydrogen-bond donors (Lipinski definition) is 3. The summed E-state index contributed by atoms with van der Waals surface area (Å²) in [5.41, 5.74) is 7.52. The highest BCUT2D eigenvalue weighted by atomic mass is 16.5. The third-order valence-electron chi connectivity index (χ3n) is 6.36. The maximum Gasteiger partial charge on any atom is 0.271 e. The Balaban J connectivity index is 1.21. The molecule has 11 nitrogen and oxygen atoms in total. The number of aromatic amines is 1. The van der Waals surface area contributed by atoms with E-state index in [1.807, 2.05) is 31.1 Å². The monoisotopic (exact) mass is 445 g/mol. The maximum atomic E-state index is 12.9. The molecule has 1 aliphatic heterocycles. The minimum absolute atomic E-state index is 0.184. The molecule has 6 rings (SSSR count). The number of nitrogens with zero attached hydrogens (tertiary/aromatic N) is 6. The zero-order valence-corrected chi connectivity index (χ0v) is 18.5. The normalized spacial score (nSPS) is 17.5. The van der Waals surface area contributed by atoms with Gasteiger partial charge in [-0.3, -0.25) is 4.79 Å². The number of aromatic nitrogens is 6. The molecule has 1 aliphatic carbocycles. The van der Waals surface area contributed by atoms with Crippen LogP contribution in [0.4, 0.5) is 5.82 Å². The zero-order chi connectivity index (χ0) is 22.7. The molecule has 0 spiro atoms. The van der Waals surface area contributed by atoms with Crippen molar-refractivity contribution in [3.63, 3.8) is 0 Å². The largest absolute Gasteiger partial charge is 0.358 e. The van der Waals surface area contributed by atoms with Crippen molar-refractivity contribution >= 4 is 22.9 Å². The standard InChI is InChI=1S/C22H23N9O2/c1-11(25-21(32)17-12-9-31(3)29-18(12)24-10-23-17)15-8-14(30-33-15)20-26-13-4-5-16(22(2)6-7-22)27-19(13)28-20/h4-5,8,10-11H,6-7,9H2,1-3H3,(H,25,32)(H,23,24,29)(H,26,27,28)/t11-/m1/s1. The van der Waals surface area contributed by atoms with Crippen LogP contribution in [0, 0.1) is 0 Å². The quantitative estimate of drug-likeness (QED) is 0.423. The summed E-state index contributed by atoms with van der Waals surface area (Å²) >= 11 is 0. The van der Waals surface area contributed by atoms with E-state index < -0.39 is 6.04 Å². The molecule has 5 heterocycles. The molecule has 4 aromatic rings. The van der Waals surface area contributed by atoms with E-state index in [-0.39, 0.29) is 11.3 Å². The third-order valence-corrected chi connectivity index (χ3v) is 6.36. The van der Waals surface area contributed by atoms with Crippen LogP contribution in [-0.4, -0.2) is 48.0 Å². The van der Waals surface area contributed by atoms with E-state index in [2.05, 4.69) is 42.8 Å². The predicted molar refractivity (Wildman–Crippen MR) is 119 cm³/mol. The van der Waals surface area contributed by atoms with Gasteiger partial charge in [-0.2, -0.15) is 0 Å².